The summed E-state index contributed by atoms with van der Waals surface area (Å²) >= 11 is 0. The van der Waals surface area contributed by atoms with Crippen molar-refractivity contribution in [1.82, 2.24) is 0 Å². The van der Waals surface area contributed by atoms with Crippen LogP contribution in [-0.2, 0) is 4.79 Å². The molecule has 5 nitrogen and oxygen atoms in total. The molecule has 0 bridgehead atoms. The summed E-state index contributed by atoms with van der Waals surface area (Å²) in [5.74, 6) is 0.806. The fraction of sp³-hybridized carbons (Fsp3) is 0.222. The van der Waals surface area contributed by atoms with Crippen molar-refractivity contribution in [1.29, 1.82) is 0 Å². The number of ether oxygens (including phenoxy) is 2. The Morgan fingerprint density at radius 1 is 1.04 bits per heavy atom. The van der Waals surface area contributed by atoms with Crippen LogP contribution in [0.1, 0.15) is 24.2 Å². The number of hydrogen-bond donors (Lipinski definition) is 1. The van der Waals surface area contributed by atoms with Gasteiger partial charge in [0.2, 0.25) is 0 Å². The lowest BCUT2D eigenvalue weighted by atomic mass is 10.1. The molecule has 2 aromatic rings. The van der Waals surface area contributed by atoms with Gasteiger partial charge in [-0.1, -0.05) is 12.1 Å². The first kappa shape index (κ1) is 16.5. The zero-order valence-electron chi connectivity index (χ0n) is 13.3. The maximum atomic E-state index is 12.2. The Balaban J connectivity index is 2.01. The first-order valence-corrected chi connectivity index (χ1v) is 7.23. The highest BCUT2D eigenvalue weighted by Gasteiger charge is 2.16. The van der Waals surface area contributed by atoms with Gasteiger partial charge in [-0.2, -0.15) is 0 Å². The Hall–Kier alpha value is -2.82. The third-order valence-electron chi connectivity index (χ3n) is 3.31. The predicted octanol–water partition coefficient (Wildman–Crippen LogP) is 3.30. The molecule has 5 heteroatoms. The van der Waals surface area contributed by atoms with Crippen molar-refractivity contribution < 1.29 is 19.1 Å². The molecule has 0 aliphatic carbocycles. The van der Waals surface area contributed by atoms with Crippen LogP contribution in [0.15, 0.2) is 48.5 Å². The van der Waals surface area contributed by atoms with Crippen molar-refractivity contribution in [3.05, 3.63) is 54.1 Å². The third-order valence-corrected chi connectivity index (χ3v) is 3.31. The van der Waals surface area contributed by atoms with E-state index in [4.69, 9.17) is 9.47 Å². The van der Waals surface area contributed by atoms with Gasteiger partial charge in [0, 0.05) is 5.56 Å². The van der Waals surface area contributed by atoms with Crippen molar-refractivity contribution >= 4 is 17.4 Å². The number of benzene rings is 2. The molecule has 1 N–H and O–H groups in total. The van der Waals surface area contributed by atoms with Crippen molar-refractivity contribution in [3.63, 3.8) is 0 Å². The van der Waals surface area contributed by atoms with Gasteiger partial charge in [0.15, 0.2) is 11.9 Å². The summed E-state index contributed by atoms with van der Waals surface area (Å²) in [4.78, 5) is 23.4. The predicted molar refractivity (Wildman–Crippen MR) is 88.2 cm³/mol. The number of para-hydroxylation sites is 2. The Morgan fingerprint density at radius 3 is 2.30 bits per heavy atom. The Labute approximate surface area is 135 Å². The maximum absolute atomic E-state index is 12.2. The van der Waals surface area contributed by atoms with Crippen LogP contribution in [0.2, 0.25) is 0 Å². The number of methoxy groups -OCH3 is 1. The summed E-state index contributed by atoms with van der Waals surface area (Å²) in [7, 11) is 1.54. The van der Waals surface area contributed by atoms with E-state index in [2.05, 4.69) is 5.32 Å². The van der Waals surface area contributed by atoms with Gasteiger partial charge in [-0.05, 0) is 50.2 Å². The number of nitrogens with one attached hydrogen (secondary N) is 1. The molecule has 0 aliphatic rings. The standard InChI is InChI=1S/C18H19NO4/c1-12(20)14-8-10-15(11-9-14)23-13(2)18(21)19-16-6-4-5-7-17(16)22-3/h4-11,13H,1-3H3,(H,19,21)/t13-/m0/s1. The molecule has 0 radical (unpaired) electrons. The zero-order valence-corrected chi connectivity index (χ0v) is 13.3. The third kappa shape index (κ3) is 4.32. The molecule has 2 rings (SSSR count). The molecule has 0 fully saturated rings. The molecule has 0 spiro atoms. The molecule has 0 unspecified atom stereocenters. The lowest BCUT2D eigenvalue weighted by molar-refractivity contribution is -0.122. The van der Waals surface area contributed by atoms with Crippen LogP contribution in [-0.4, -0.2) is 24.9 Å². The minimum Gasteiger partial charge on any atom is -0.495 e. The first-order valence-electron chi connectivity index (χ1n) is 7.23. The van der Waals surface area contributed by atoms with E-state index in [0.717, 1.165) is 0 Å². The average molecular weight is 313 g/mol. The molecule has 0 saturated heterocycles. The summed E-state index contributed by atoms with van der Waals surface area (Å²) in [5.41, 5.74) is 1.19. The van der Waals surface area contributed by atoms with Crippen molar-refractivity contribution in [3.8, 4) is 11.5 Å². The number of hydrogen-bond acceptors (Lipinski definition) is 4. The van der Waals surface area contributed by atoms with E-state index >= 15 is 0 Å². The topological polar surface area (TPSA) is 64.6 Å². The molecule has 2 aromatic carbocycles. The smallest absolute Gasteiger partial charge is 0.265 e. The summed E-state index contributed by atoms with van der Waals surface area (Å²) in [5, 5.41) is 2.77. The van der Waals surface area contributed by atoms with E-state index < -0.39 is 6.10 Å². The number of rotatable bonds is 6. The molecule has 1 atom stereocenters. The van der Waals surface area contributed by atoms with Gasteiger partial charge in [0.25, 0.3) is 5.91 Å². The van der Waals surface area contributed by atoms with Gasteiger partial charge in [-0.15, -0.1) is 0 Å². The molecular formula is C18H19NO4. The number of ketones is 1. The van der Waals surface area contributed by atoms with Crippen molar-refractivity contribution in [2.45, 2.75) is 20.0 Å². The molecule has 0 aromatic heterocycles. The van der Waals surface area contributed by atoms with Crippen LogP contribution < -0.4 is 14.8 Å². The molecule has 0 aliphatic heterocycles. The van der Waals surface area contributed by atoms with Gasteiger partial charge < -0.3 is 14.8 Å². The second-order valence-corrected chi connectivity index (χ2v) is 5.03. The Bertz CT molecular complexity index is 694. The Morgan fingerprint density at radius 2 is 1.70 bits per heavy atom. The van der Waals surface area contributed by atoms with Gasteiger partial charge in [0.1, 0.15) is 11.5 Å². The number of carbonyl (C=O) groups excluding carboxylic acids is 2. The summed E-state index contributed by atoms with van der Waals surface area (Å²) < 4.78 is 10.8. The van der Waals surface area contributed by atoms with Crippen LogP contribution in [0.4, 0.5) is 5.69 Å². The largest absolute Gasteiger partial charge is 0.495 e. The fourth-order valence-electron chi connectivity index (χ4n) is 2.01. The SMILES string of the molecule is COc1ccccc1NC(=O)[C@H](C)Oc1ccc(C(C)=O)cc1. The zero-order chi connectivity index (χ0) is 16.8. The van der Waals surface area contributed by atoms with Gasteiger partial charge >= 0.3 is 0 Å². The lowest BCUT2D eigenvalue weighted by Crippen LogP contribution is -2.30. The van der Waals surface area contributed by atoms with Crippen LogP contribution in [0.3, 0.4) is 0 Å². The molecular weight excluding hydrogens is 294 g/mol. The maximum Gasteiger partial charge on any atom is 0.265 e. The number of amides is 1. The highest BCUT2D eigenvalue weighted by molar-refractivity contribution is 5.95. The van der Waals surface area contributed by atoms with Gasteiger partial charge in [-0.3, -0.25) is 9.59 Å². The lowest BCUT2D eigenvalue weighted by Gasteiger charge is -2.16. The van der Waals surface area contributed by atoms with E-state index in [9.17, 15) is 9.59 Å². The summed E-state index contributed by atoms with van der Waals surface area (Å²) in [6.07, 6.45) is -0.692. The van der Waals surface area contributed by atoms with E-state index in [0.29, 0.717) is 22.7 Å². The average Bonchev–Trinajstić information content (AvgIpc) is 2.55. The molecule has 120 valence electrons. The number of Topliss-reactive ketones (excluding diaryl/α,β-unsaturated/α-hetero) is 1. The summed E-state index contributed by atoms with van der Waals surface area (Å²) in [6.45, 7) is 3.16. The molecule has 23 heavy (non-hydrogen) atoms. The fourth-order valence-corrected chi connectivity index (χ4v) is 2.01. The van der Waals surface area contributed by atoms with Crippen LogP contribution in [0.5, 0.6) is 11.5 Å². The van der Waals surface area contributed by atoms with Crippen molar-refractivity contribution in [2.75, 3.05) is 12.4 Å². The van der Waals surface area contributed by atoms with Crippen LogP contribution in [0.25, 0.3) is 0 Å². The number of anilines is 1. The van der Waals surface area contributed by atoms with E-state index in [1.165, 1.54) is 6.92 Å². The minimum atomic E-state index is -0.692. The molecule has 0 heterocycles. The summed E-state index contributed by atoms with van der Waals surface area (Å²) in [6, 6.07) is 13.8. The molecule has 0 saturated carbocycles. The first-order chi connectivity index (χ1) is 11.0. The van der Waals surface area contributed by atoms with Crippen LogP contribution >= 0.6 is 0 Å². The highest BCUT2D eigenvalue weighted by Crippen LogP contribution is 2.23. The molecule has 1 amide bonds. The van der Waals surface area contributed by atoms with E-state index in [1.54, 1.807) is 50.4 Å². The Kier molecular flexibility index (Phi) is 5.36. The van der Waals surface area contributed by atoms with Crippen molar-refractivity contribution in [2.24, 2.45) is 0 Å². The monoisotopic (exact) mass is 313 g/mol. The highest BCUT2D eigenvalue weighted by atomic mass is 16.5. The normalized spacial score (nSPS) is 11.4. The van der Waals surface area contributed by atoms with Gasteiger partial charge in [0.05, 0.1) is 12.8 Å². The second kappa shape index (κ2) is 7.45. The minimum absolute atomic E-state index is 0.0153. The van der Waals surface area contributed by atoms with E-state index in [-0.39, 0.29) is 11.7 Å². The van der Waals surface area contributed by atoms with E-state index in [1.807, 2.05) is 12.1 Å². The second-order valence-electron chi connectivity index (χ2n) is 5.03. The quantitative estimate of drug-likeness (QED) is 0.831. The van der Waals surface area contributed by atoms with Gasteiger partial charge in [-0.25, -0.2) is 0 Å². The number of carbonyl (C=O) groups is 2. The van der Waals surface area contributed by atoms with Crippen LogP contribution in [0, 0.1) is 0 Å².